The minimum absolute atomic E-state index is 0.148. The number of nitrogens with one attached hydrogen (secondary N) is 1. The van der Waals surface area contributed by atoms with Crippen LogP contribution >= 0.6 is 0 Å². The lowest BCUT2D eigenvalue weighted by molar-refractivity contribution is -0.384. The first-order chi connectivity index (χ1) is 8.58. The summed E-state index contributed by atoms with van der Waals surface area (Å²) in [6.07, 6.45) is 0. The van der Waals surface area contributed by atoms with Gasteiger partial charge in [0.05, 0.1) is 4.92 Å². The maximum absolute atomic E-state index is 10.9. The molecule has 5 heteroatoms. The predicted molar refractivity (Wildman–Crippen MR) is 74.1 cm³/mol. The Balaban J connectivity index is 2.64. The van der Waals surface area contributed by atoms with E-state index >= 15 is 0 Å². The highest BCUT2D eigenvalue weighted by Gasteiger charge is 2.13. The van der Waals surface area contributed by atoms with Crippen molar-refractivity contribution in [3.63, 3.8) is 0 Å². The highest BCUT2D eigenvalue weighted by molar-refractivity contribution is 5.62. The summed E-state index contributed by atoms with van der Waals surface area (Å²) < 4.78 is 0. The summed E-state index contributed by atoms with van der Waals surface area (Å²) in [5.74, 6) is 0. The lowest BCUT2D eigenvalue weighted by atomic mass is 10.2. The largest absolute Gasteiger partial charge is 0.378 e. The van der Waals surface area contributed by atoms with Gasteiger partial charge in [-0.2, -0.15) is 0 Å². The van der Waals surface area contributed by atoms with Crippen LogP contribution in [0.3, 0.4) is 0 Å². The number of anilines is 1. The van der Waals surface area contributed by atoms with Crippen LogP contribution in [0.5, 0.6) is 0 Å². The fourth-order valence-corrected chi connectivity index (χ4v) is 1.83. The summed E-state index contributed by atoms with van der Waals surface area (Å²) >= 11 is 0. The Morgan fingerprint density at radius 1 is 1.33 bits per heavy atom. The standard InChI is InChI=1S/C13H21N3O2/c1-4-15(5-2)9-8-14-12-7-6-11(3)10-13(12)16(17)18/h6-7,10,14H,4-5,8-9H2,1-3H3. The fraction of sp³-hybridized carbons (Fsp3) is 0.538. The zero-order valence-corrected chi connectivity index (χ0v) is 11.3. The van der Waals surface area contributed by atoms with Gasteiger partial charge in [-0.25, -0.2) is 0 Å². The summed E-state index contributed by atoms with van der Waals surface area (Å²) in [4.78, 5) is 12.9. The van der Waals surface area contributed by atoms with E-state index in [4.69, 9.17) is 0 Å². The average molecular weight is 251 g/mol. The molecule has 100 valence electrons. The van der Waals surface area contributed by atoms with Crippen LogP contribution in [0, 0.1) is 17.0 Å². The van der Waals surface area contributed by atoms with Crippen LogP contribution in [-0.2, 0) is 0 Å². The van der Waals surface area contributed by atoms with E-state index in [1.807, 2.05) is 13.0 Å². The van der Waals surface area contributed by atoms with Crippen molar-refractivity contribution in [3.05, 3.63) is 33.9 Å². The molecule has 0 atom stereocenters. The van der Waals surface area contributed by atoms with Crippen LogP contribution in [0.25, 0.3) is 0 Å². The maximum atomic E-state index is 10.9. The van der Waals surface area contributed by atoms with Crippen LogP contribution in [0.15, 0.2) is 18.2 Å². The Morgan fingerprint density at radius 2 is 2.00 bits per heavy atom. The molecule has 0 aliphatic carbocycles. The molecule has 0 aromatic heterocycles. The lowest BCUT2D eigenvalue weighted by Gasteiger charge is -2.18. The second-order valence-corrected chi connectivity index (χ2v) is 4.23. The third kappa shape index (κ3) is 4.00. The molecule has 1 rings (SSSR count). The number of aryl methyl sites for hydroxylation is 1. The second-order valence-electron chi connectivity index (χ2n) is 4.23. The highest BCUT2D eigenvalue weighted by atomic mass is 16.6. The van der Waals surface area contributed by atoms with Gasteiger partial charge >= 0.3 is 0 Å². The van der Waals surface area contributed by atoms with E-state index in [0.29, 0.717) is 12.2 Å². The summed E-state index contributed by atoms with van der Waals surface area (Å²) in [5.41, 5.74) is 1.64. The first-order valence-electron chi connectivity index (χ1n) is 6.29. The van der Waals surface area contributed by atoms with Gasteiger partial charge in [0.15, 0.2) is 0 Å². The molecule has 1 aromatic carbocycles. The average Bonchev–Trinajstić information content (AvgIpc) is 2.36. The van der Waals surface area contributed by atoms with Gasteiger partial charge in [-0.3, -0.25) is 10.1 Å². The molecule has 0 radical (unpaired) electrons. The SMILES string of the molecule is CCN(CC)CCNc1ccc(C)cc1[N+](=O)[O-]. The molecule has 1 aromatic rings. The van der Waals surface area contributed by atoms with Crippen LogP contribution in [-0.4, -0.2) is 36.0 Å². The number of nitro benzene ring substituents is 1. The van der Waals surface area contributed by atoms with Crippen LogP contribution in [0.4, 0.5) is 11.4 Å². The van der Waals surface area contributed by atoms with E-state index in [0.717, 1.165) is 25.2 Å². The molecule has 5 nitrogen and oxygen atoms in total. The van der Waals surface area contributed by atoms with Gasteiger partial charge in [0.25, 0.3) is 5.69 Å². The molecule has 0 saturated heterocycles. The van der Waals surface area contributed by atoms with Gasteiger partial charge in [0, 0.05) is 19.2 Å². The van der Waals surface area contributed by atoms with E-state index in [-0.39, 0.29) is 10.6 Å². The van der Waals surface area contributed by atoms with Crippen molar-refractivity contribution in [2.75, 3.05) is 31.5 Å². The Bertz CT molecular complexity index is 403. The third-order valence-electron chi connectivity index (χ3n) is 2.99. The minimum Gasteiger partial charge on any atom is -0.378 e. The van der Waals surface area contributed by atoms with E-state index in [1.54, 1.807) is 12.1 Å². The third-order valence-corrected chi connectivity index (χ3v) is 2.99. The lowest BCUT2D eigenvalue weighted by Crippen LogP contribution is -2.28. The Morgan fingerprint density at radius 3 is 2.56 bits per heavy atom. The van der Waals surface area contributed by atoms with E-state index in [1.165, 1.54) is 0 Å². The van der Waals surface area contributed by atoms with Crippen LogP contribution < -0.4 is 5.32 Å². The van der Waals surface area contributed by atoms with Crippen molar-refractivity contribution in [3.8, 4) is 0 Å². The molecule has 0 aliphatic rings. The number of likely N-dealkylation sites (N-methyl/N-ethyl adjacent to an activating group) is 1. The molecule has 0 fully saturated rings. The van der Waals surface area contributed by atoms with E-state index in [9.17, 15) is 10.1 Å². The molecule has 18 heavy (non-hydrogen) atoms. The number of benzene rings is 1. The van der Waals surface area contributed by atoms with Crippen molar-refractivity contribution in [2.45, 2.75) is 20.8 Å². The van der Waals surface area contributed by atoms with Gasteiger partial charge < -0.3 is 10.2 Å². The molecular weight excluding hydrogens is 230 g/mol. The van der Waals surface area contributed by atoms with Crippen molar-refractivity contribution >= 4 is 11.4 Å². The molecule has 0 aliphatic heterocycles. The van der Waals surface area contributed by atoms with Gasteiger partial charge in [-0.05, 0) is 31.6 Å². The van der Waals surface area contributed by atoms with Gasteiger partial charge in [0.2, 0.25) is 0 Å². The molecular formula is C13H21N3O2. The van der Waals surface area contributed by atoms with Crippen LogP contribution in [0.2, 0.25) is 0 Å². The second kappa shape index (κ2) is 6.96. The zero-order valence-electron chi connectivity index (χ0n) is 11.3. The van der Waals surface area contributed by atoms with Crippen molar-refractivity contribution in [1.82, 2.24) is 4.90 Å². The topological polar surface area (TPSA) is 58.4 Å². The minimum atomic E-state index is -0.341. The molecule has 0 bridgehead atoms. The molecule has 0 spiro atoms. The van der Waals surface area contributed by atoms with Crippen molar-refractivity contribution in [1.29, 1.82) is 0 Å². The summed E-state index contributed by atoms with van der Waals surface area (Å²) in [6, 6.07) is 5.25. The van der Waals surface area contributed by atoms with Crippen molar-refractivity contribution < 1.29 is 4.92 Å². The fourth-order valence-electron chi connectivity index (χ4n) is 1.83. The van der Waals surface area contributed by atoms with Crippen LogP contribution in [0.1, 0.15) is 19.4 Å². The summed E-state index contributed by atoms with van der Waals surface area (Å²) in [5, 5.41) is 14.1. The molecule has 0 heterocycles. The summed E-state index contributed by atoms with van der Waals surface area (Å²) in [7, 11) is 0. The smallest absolute Gasteiger partial charge is 0.292 e. The van der Waals surface area contributed by atoms with Gasteiger partial charge in [-0.15, -0.1) is 0 Å². The first-order valence-corrected chi connectivity index (χ1v) is 6.29. The molecule has 1 N–H and O–H groups in total. The Kier molecular flexibility index (Phi) is 5.58. The number of hydrogen-bond acceptors (Lipinski definition) is 4. The zero-order chi connectivity index (χ0) is 13.5. The number of hydrogen-bond donors (Lipinski definition) is 1. The number of nitrogens with zero attached hydrogens (tertiary/aromatic N) is 2. The normalized spacial score (nSPS) is 10.7. The molecule has 0 amide bonds. The van der Waals surface area contributed by atoms with Gasteiger partial charge in [0.1, 0.15) is 5.69 Å². The van der Waals surface area contributed by atoms with E-state index in [2.05, 4.69) is 24.1 Å². The maximum Gasteiger partial charge on any atom is 0.292 e. The quantitative estimate of drug-likeness (QED) is 0.598. The first kappa shape index (κ1) is 14.4. The molecule has 0 saturated carbocycles. The predicted octanol–water partition coefficient (Wildman–Crippen LogP) is 2.66. The number of nitro groups is 1. The molecule has 0 unspecified atom stereocenters. The Hall–Kier alpha value is -1.62. The summed E-state index contributed by atoms with van der Waals surface area (Å²) in [6.45, 7) is 9.66. The highest BCUT2D eigenvalue weighted by Crippen LogP contribution is 2.24. The Labute approximate surface area is 108 Å². The number of rotatable bonds is 7. The monoisotopic (exact) mass is 251 g/mol. The van der Waals surface area contributed by atoms with Gasteiger partial charge in [-0.1, -0.05) is 19.9 Å². The van der Waals surface area contributed by atoms with Crippen molar-refractivity contribution in [2.24, 2.45) is 0 Å². The van der Waals surface area contributed by atoms with E-state index < -0.39 is 0 Å².